The Kier molecular flexibility index (Phi) is 8.81. The standard InChI is InChI=1S/C24H33Cl2N3O4/c1-24(2)8-10-27(16-21(24)31)14-18(30)15-29-12-11-28(9-7-23(29)33)22(32)6-4-17-3-5-19(25)20(26)13-17/h3-6,13,18,21,30-31H,7-12,14-16H2,1-2H3. The van der Waals surface area contributed by atoms with Gasteiger partial charge in [0.25, 0.3) is 0 Å². The van der Waals surface area contributed by atoms with E-state index >= 15 is 0 Å². The maximum absolute atomic E-state index is 12.6. The molecule has 3 rings (SSSR count). The van der Waals surface area contributed by atoms with Gasteiger partial charge in [0.15, 0.2) is 0 Å². The Balaban J connectivity index is 1.50. The van der Waals surface area contributed by atoms with Crippen LogP contribution in [0.2, 0.25) is 10.0 Å². The number of aliphatic hydroxyl groups excluding tert-OH is 2. The fourth-order valence-electron chi connectivity index (χ4n) is 4.14. The summed E-state index contributed by atoms with van der Waals surface area (Å²) in [4.78, 5) is 30.5. The summed E-state index contributed by atoms with van der Waals surface area (Å²) in [6.07, 6.45) is 3.07. The van der Waals surface area contributed by atoms with E-state index in [-0.39, 0.29) is 30.2 Å². The minimum Gasteiger partial charge on any atom is -0.391 e. The molecule has 0 bridgehead atoms. The third-order valence-corrected chi connectivity index (χ3v) is 7.31. The molecule has 7 nitrogen and oxygen atoms in total. The number of rotatable bonds is 6. The van der Waals surface area contributed by atoms with Gasteiger partial charge in [0.1, 0.15) is 0 Å². The van der Waals surface area contributed by atoms with Crippen molar-refractivity contribution >= 4 is 41.1 Å². The van der Waals surface area contributed by atoms with Crippen LogP contribution in [0.5, 0.6) is 0 Å². The largest absolute Gasteiger partial charge is 0.391 e. The summed E-state index contributed by atoms with van der Waals surface area (Å²) in [5, 5.41) is 21.8. The van der Waals surface area contributed by atoms with Crippen molar-refractivity contribution in [3.63, 3.8) is 0 Å². The summed E-state index contributed by atoms with van der Waals surface area (Å²) >= 11 is 11.9. The van der Waals surface area contributed by atoms with Gasteiger partial charge in [0.05, 0.1) is 22.3 Å². The van der Waals surface area contributed by atoms with Crippen LogP contribution in [-0.2, 0) is 9.59 Å². The van der Waals surface area contributed by atoms with E-state index in [0.29, 0.717) is 42.8 Å². The van der Waals surface area contributed by atoms with Gasteiger partial charge >= 0.3 is 0 Å². The number of amides is 2. The lowest BCUT2D eigenvalue weighted by molar-refractivity contribution is -0.132. The highest BCUT2D eigenvalue weighted by Gasteiger charge is 2.35. The van der Waals surface area contributed by atoms with E-state index in [1.54, 1.807) is 34.1 Å². The minimum absolute atomic E-state index is 0.0716. The summed E-state index contributed by atoms with van der Waals surface area (Å²) in [5.41, 5.74) is 0.645. The maximum Gasteiger partial charge on any atom is 0.246 e. The zero-order valence-electron chi connectivity index (χ0n) is 19.2. The van der Waals surface area contributed by atoms with Crippen molar-refractivity contribution in [1.82, 2.24) is 14.7 Å². The first-order valence-electron chi connectivity index (χ1n) is 11.3. The first-order chi connectivity index (χ1) is 15.5. The van der Waals surface area contributed by atoms with Gasteiger partial charge in [-0.1, -0.05) is 43.1 Å². The first kappa shape index (κ1) is 26.0. The molecular formula is C24H33Cl2N3O4. The van der Waals surface area contributed by atoms with E-state index in [9.17, 15) is 19.8 Å². The third-order valence-electron chi connectivity index (χ3n) is 6.57. The molecule has 2 aliphatic heterocycles. The predicted molar refractivity (Wildman–Crippen MR) is 130 cm³/mol. The predicted octanol–water partition coefficient (Wildman–Crippen LogP) is 2.52. The second-order valence-corrected chi connectivity index (χ2v) is 10.4. The highest BCUT2D eigenvalue weighted by molar-refractivity contribution is 6.42. The van der Waals surface area contributed by atoms with Crippen LogP contribution in [0.4, 0.5) is 0 Å². The van der Waals surface area contributed by atoms with E-state index in [4.69, 9.17) is 23.2 Å². The lowest BCUT2D eigenvalue weighted by Crippen LogP contribution is -2.51. The molecule has 2 N–H and O–H groups in total. The first-order valence-corrected chi connectivity index (χ1v) is 12.1. The van der Waals surface area contributed by atoms with Crippen LogP contribution in [0.25, 0.3) is 6.08 Å². The molecule has 0 saturated carbocycles. The van der Waals surface area contributed by atoms with Crippen molar-refractivity contribution in [3.8, 4) is 0 Å². The average molecular weight is 498 g/mol. The Morgan fingerprint density at radius 2 is 1.94 bits per heavy atom. The summed E-state index contributed by atoms with van der Waals surface area (Å²) in [7, 11) is 0. The van der Waals surface area contributed by atoms with Crippen LogP contribution in [-0.4, -0.2) is 94.7 Å². The molecule has 2 aliphatic rings. The van der Waals surface area contributed by atoms with Crippen LogP contribution in [0.1, 0.15) is 32.3 Å². The summed E-state index contributed by atoms with van der Waals surface area (Å²) in [6.45, 7) is 7.17. The summed E-state index contributed by atoms with van der Waals surface area (Å²) in [6, 6.07) is 5.13. The highest BCUT2D eigenvalue weighted by Crippen LogP contribution is 2.30. The quantitative estimate of drug-likeness (QED) is 0.589. The van der Waals surface area contributed by atoms with Crippen molar-refractivity contribution in [3.05, 3.63) is 39.9 Å². The Hall–Kier alpha value is -1.64. The van der Waals surface area contributed by atoms with Crippen molar-refractivity contribution in [2.75, 3.05) is 45.8 Å². The highest BCUT2D eigenvalue weighted by atomic mass is 35.5. The second kappa shape index (κ2) is 11.2. The number of β-amino-alcohol motifs (C(OH)–C–C–N with tert-alkyl or cyclic N) is 2. The molecular weight excluding hydrogens is 465 g/mol. The average Bonchev–Trinajstić information content (AvgIpc) is 2.93. The SMILES string of the molecule is CC1(C)CCN(CC(O)CN2CCN(C(=O)C=Cc3ccc(Cl)c(Cl)c3)CCC2=O)CC1O. The molecule has 2 atom stereocenters. The van der Waals surface area contributed by atoms with Crippen molar-refractivity contribution in [2.45, 2.75) is 38.9 Å². The zero-order chi connectivity index (χ0) is 24.2. The number of likely N-dealkylation sites (tertiary alicyclic amines) is 1. The molecule has 1 aromatic rings. The third kappa shape index (κ3) is 7.17. The fourth-order valence-corrected chi connectivity index (χ4v) is 4.45. The van der Waals surface area contributed by atoms with E-state index in [2.05, 4.69) is 0 Å². The Labute approximate surface area is 205 Å². The number of halogens is 2. The maximum atomic E-state index is 12.6. The molecule has 2 unspecified atom stereocenters. The molecule has 0 aliphatic carbocycles. The fraction of sp³-hybridized carbons (Fsp3) is 0.583. The van der Waals surface area contributed by atoms with Gasteiger partial charge in [-0.15, -0.1) is 0 Å². The lowest BCUT2D eigenvalue weighted by Gasteiger charge is -2.42. The lowest BCUT2D eigenvalue weighted by atomic mass is 9.80. The number of carbonyl (C=O) groups is 2. The van der Waals surface area contributed by atoms with Gasteiger partial charge in [-0.05, 0) is 42.2 Å². The molecule has 2 heterocycles. The number of carbonyl (C=O) groups excluding carboxylic acids is 2. The van der Waals surface area contributed by atoms with Crippen LogP contribution in [0.15, 0.2) is 24.3 Å². The van der Waals surface area contributed by atoms with Crippen LogP contribution >= 0.6 is 23.2 Å². The molecule has 9 heteroatoms. The van der Waals surface area contributed by atoms with Crippen LogP contribution in [0.3, 0.4) is 0 Å². The molecule has 1 aromatic carbocycles. The van der Waals surface area contributed by atoms with Gasteiger partial charge in [-0.25, -0.2) is 0 Å². The van der Waals surface area contributed by atoms with E-state index < -0.39 is 12.2 Å². The Morgan fingerprint density at radius 1 is 1.18 bits per heavy atom. The van der Waals surface area contributed by atoms with Crippen LogP contribution in [0, 0.1) is 5.41 Å². The molecule has 182 valence electrons. The number of benzene rings is 1. The normalized spacial score (nSPS) is 23.1. The summed E-state index contributed by atoms with van der Waals surface area (Å²) < 4.78 is 0. The van der Waals surface area contributed by atoms with Gasteiger partial charge < -0.3 is 20.0 Å². The van der Waals surface area contributed by atoms with Gasteiger partial charge in [-0.3, -0.25) is 14.5 Å². The second-order valence-electron chi connectivity index (χ2n) is 9.59. The molecule has 2 amide bonds. The smallest absolute Gasteiger partial charge is 0.246 e. The molecule has 2 fully saturated rings. The molecule has 0 spiro atoms. The van der Waals surface area contributed by atoms with E-state index in [1.165, 1.54) is 6.08 Å². The van der Waals surface area contributed by atoms with Crippen molar-refractivity contribution in [2.24, 2.45) is 5.41 Å². The number of aliphatic hydroxyl groups is 2. The Morgan fingerprint density at radius 3 is 2.64 bits per heavy atom. The van der Waals surface area contributed by atoms with Crippen LogP contribution < -0.4 is 0 Å². The van der Waals surface area contributed by atoms with Crippen molar-refractivity contribution in [1.29, 1.82) is 0 Å². The molecule has 2 saturated heterocycles. The van der Waals surface area contributed by atoms with Gasteiger partial charge in [-0.2, -0.15) is 0 Å². The molecule has 0 aromatic heterocycles. The molecule has 0 radical (unpaired) electrons. The van der Waals surface area contributed by atoms with E-state index in [1.807, 2.05) is 18.7 Å². The Bertz CT molecular complexity index is 892. The van der Waals surface area contributed by atoms with Crippen molar-refractivity contribution < 1.29 is 19.8 Å². The monoisotopic (exact) mass is 497 g/mol. The van der Waals surface area contributed by atoms with Gasteiger partial charge in [0, 0.05) is 51.8 Å². The van der Waals surface area contributed by atoms with E-state index in [0.717, 1.165) is 18.5 Å². The minimum atomic E-state index is -0.709. The van der Waals surface area contributed by atoms with Gasteiger partial charge in [0.2, 0.25) is 11.8 Å². The molecule has 33 heavy (non-hydrogen) atoms. The number of piperidine rings is 1. The topological polar surface area (TPSA) is 84.3 Å². The number of hydrogen-bond donors (Lipinski definition) is 2. The number of nitrogens with zero attached hydrogens (tertiary/aromatic N) is 3. The summed E-state index contributed by atoms with van der Waals surface area (Å²) in [5.74, 6) is -0.251. The number of hydrogen-bond acceptors (Lipinski definition) is 5. The zero-order valence-corrected chi connectivity index (χ0v) is 20.7.